The second-order valence-corrected chi connectivity index (χ2v) is 9.69. The Morgan fingerprint density at radius 2 is 1.97 bits per heavy atom. The van der Waals surface area contributed by atoms with Gasteiger partial charge in [-0.05, 0) is 37.7 Å². The van der Waals surface area contributed by atoms with Crippen molar-refractivity contribution in [3.05, 3.63) is 57.6 Å². The molecule has 3 N–H and O–H groups in total. The lowest BCUT2D eigenvalue weighted by Gasteiger charge is -2.24. The molecular formula is C20H24Cl2FN5O2S2. The molecule has 32 heavy (non-hydrogen) atoms. The van der Waals surface area contributed by atoms with Crippen LogP contribution in [-0.4, -0.2) is 40.6 Å². The monoisotopic (exact) mass is 519 g/mol. The Balaban J connectivity index is 0.00000363. The first-order valence-electron chi connectivity index (χ1n) is 9.34. The molecule has 1 aromatic heterocycles. The van der Waals surface area contributed by atoms with Crippen LogP contribution < -0.4 is 20.3 Å². The molecule has 3 rings (SSSR count). The zero-order valence-corrected chi connectivity index (χ0v) is 20.9. The van der Waals surface area contributed by atoms with Crippen LogP contribution in [0.15, 0.2) is 46.1 Å². The molecule has 1 heterocycles. The van der Waals surface area contributed by atoms with Gasteiger partial charge in [-0.1, -0.05) is 17.7 Å². The van der Waals surface area contributed by atoms with Crippen LogP contribution in [0.2, 0.25) is 5.02 Å². The highest BCUT2D eigenvalue weighted by Crippen LogP contribution is 2.35. The van der Waals surface area contributed by atoms with Crippen molar-refractivity contribution in [3.8, 4) is 0 Å². The van der Waals surface area contributed by atoms with E-state index < -0.39 is 20.7 Å². The van der Waals surface area contributed by atoms with E-state index in [1.165, 1.54) is 22.2 Å². The average Bonchev–Trinajstić information content (AvgIpc) is 3.22. The molecule has 3 aromatic rings. The van der Waals surface area contributed by atoms with E-state index in [1.54, 1.807) is 0 Å². The summed E-state index contributed by atoms with van der Waals surface area (Å²) in [5.74, 6) is -0.802. The number of benzene rings is 2. The van der Waals surface area contributed by atoms with Crippen LogP contribution in [0.1, 0.15) is 5.56 Å². The molecule has 0 amide bonds. The van der Waals surface area contributed by atoms with Crippen molar-refractivity contribution in [2.24, 2.45) is 0 Å². The van der Waals surface area contributed by atoms with Crippen LogP contribution in [-0.2, 0) is 10.0 Å². The Kier molecular flexibility index (Phi) is 9.11. The Morgan fingerprint density at radius 1 is 1.22 bits per heavy atom. The summed E-state index contributed by atoms with van der Waals surface area (Å²) in [6, 6.07) is 7.99. The quantitative estimate of drug-likeness (QED) is 0.374. The molecule has 0 aliphatic carbocycles. The predicted molar refractivity (Wildman–Crippen MR) is 133 cm³/mol. The maximum atomic E-state index is 14.8. The number of aryl methyl sites for hydroxylation is 1. The zero-order chi connectivity index (χ0) is 22.6. The summed E-state index contributed by atoms with van der Waals surface area (Å²) < 4.78 is 42.1. The maximum Gasteiger partial charge on any atom is 0.266 e. The molecule has 12 heteroatoms. The molecule has 0 bridgehead atoms. The fourth-order valence-electron chi connectivity index (χ4n) is 2.89. The minimum Gasteiger partial charge on any atom is -0.372 e. The fourth-order valence-corrected chi connectivity index (χ4v) is 4.81. The molecule has 7 nitrogen and oxygen atoms in total. The van der Waals surface area contributed by atoms with Gasteiger partial charge in [0.05, 0.1) is 27.6 Å². The van der Waals surface area contributed by atoms with Gasteiger partial charge in [-0.3, -0.25) is 4.72 Å². The second-order valence-electron chi connectivity index (χ2n) is 6.91. The van der Waals surface area contributed by atoms with Crippen LogP contribution in [0.3, 0.4) is 0 Å². The summed E-state index contributed by atoms with van der Waals surface area (Å²) in [6.45, 7) is 3.54. The van der Waals surface area contributed by atoms with Crippen molar-refractivity contribution in [1.29, 1.82) is 0 Å². The largest absolute Gasteiger partial charge is 0.372 e. The molecule has 0 fully saturated rings. The van der Waals surface area contributed by atoms with E-state index in [2.05, 4.69) is 25.2 Å². The van der Waals surface area contributed by atoms with E-state index >= 15 is 0 Å². The van der Waals surface area contributed by atoms with Gasteiger partial charge in [0.15, 0.2) is 5.82 Å². The van der Waals surface area contributed by atoms with E-state index in [0.717, 1.165) is 42.2 Å². The number of rotatable bonds is 9. The lowest BCUT2D eigenvalue weighted by Crippen LogP contribution is -2.27. The van der Waals surface area contributed by atoms with Crippen molar-refractivity contribution < 1.29 is 12.8 Å². The summed E-state index contributed by atoms with van der Waals surface area (Å²) in [6.07, 6.45) is 0. The number of halogens is 3. The van der Waals surface area contributed by atoms with Gasteiger partial charge in [-0.15, -0.1) is 23.7 Å². The SMILES string of the molecule is CNCCN(C)c1cc(C)ccc1Nc1cc(F)c(S(=O)(=O)Nc2cscn2)cc1Cl.Cl. The van der Waals surface area contributed by atoms with Gasteiger partial charge >= 0.3 is 0 Å². The predicted octanol–water partition coefficient (Wildman–Crippen LogP) is 4.87. The number of anilines is 4. The smallest absolute Gasteiger partial charge is 0.266 e. The van der Waals surface area contributed by atoms with E-state index in [0.29, 0.717) is 0 Å². The zero-order valence-electron chi connectivity index (χ0n) is 17.6. The molecule has 0 saturated carbocycles. The Labute approximate surface area is 202 Å². The van der Waals surface area contributed by atoms with Gasteiger partial charge in [0.2, 0.25) is 0 Å². The van der Waals surface area contributed by atoms with Crippen LogP contribution in [0.4, 0.5) is 27.3 Å². The molecule has 0 spiro atoms. The number of nitrogens with zero attached hydrogens (tertiary/aromatic N) is 2. The van der Waals surface area contributed by atoms with Crippen molar-refractivity contribution in [1.82, 2.24) is 10.3 Å². The Hall–Kier alpha value is -2.11. The molecule has 0 atom stereocenters. The van der Waals surface area contributed by atoms with Gasteiger partial charge < -0.3 is 15.5 Å². The van der Waals surface area contributed by atoms with Crippen molar-refractivity contribution >= 4 is 68.2 Å². The van der Waals surface area contributed by atoms with Crippen LogP contribution in [0, 0.1) is 12.7 Å². The third kappa shape index (κ3) is 6.23. The molecule has 2 aromatic carbocycles. The molecule has 174 valence electrons. The highest BCUT2D eigenvalue weighted by atomic mass is 35.5. The summed E-state index contributed by atoms with van der Waals surface area (Å²) in [7, 11) is -0.334. The average molecular weight is 520 g/mol. The minimum absolute atomic E-state index is 0. The van der Waals surface area contributed by atoms with Crippen molar-refractivity contribution in [3.63, 3.8) is 0 Å². The van der Waals surface area contributed by atoms with Crippen LogP contribution in [0.25, 0.3) is 0 Å². The summed E-state index contributed by atoms with van der Waals surface area (Å²) in [4.78, 5) is 5.37. The van der Waals surface area contributed by atoms with Gasteiger partial charge in [-0.2, -0.15) is 0 Å². The standard InChI is InChI=1S/C20H23ClFN5O2S2.ClH/c1-13-4-5-16(18(8-13)27(3)7-6-23-2)25-17-10-15(22)19(9-14(17)21)31(28,29)26-20-11-30-12-24-20;/h4-5,8-12,23,25-26H,6-7H2,1-3H3;1H. The van der Waals surface area contributed by atoms with Crippen LogP contribution in [0.5, 0.6) is 0 Å². The first-order chi connectivity index (χ1) is 14.7. The van der Waals surface area contributed by atoms with Crippen molar-refractivity contribution in [2.45, 2.75) is 11.8 Å². The molecule has 0 aliphatic heterocycles. The highest BCUT2D eigenvalue weighted by Gasteiger charge is 2.22. The number of aromatic nitrogens is 1. The molecule has 0 radical (unpaired) electrons. The van der Waals surface area contributed by atoms with Gasteiger partial charge in [0, 0.05) is 31.6 Å². The Bertz CT molecular complexity index is 1160. The fraction of sp³-hybridized carbons (Fsp3) is 0.250. The molecule has 0 unspecified atom stereocenters. The van der Waals surface area contributed by atoms with Crippen LogP contribution >= 0.6 is 35.3 Å². The normalized spacial score (nSPS) is 11.0. The number of hydrogen-bond acceptors (Lipinski definition) is 7. The van der Waals surface area contributed by atoms with Gasteiger partial charge in [0.25, 0.3) is 10.0 Å². The summed E-state index contributed by atoms with van der Waals surface area (Å²) >= 11 is 7.55. The van der Waals surface area contributed by atoms with E-state index in [9.17, 15) is 12.8 Å². The lowest BCUT2D eigenvalue weighted by atomic mass is 10.1. The maximum absolute atomic E-state index is 14.8. The molecule has 0 saturated heterocycles. The topological polar surface area (TPSA) is 86.4 Å². The van der Waals surface area contributed by atoms with E-state index in [1.807, 2.05) is 39.2 Å². The molecule has 0 aliphatic rings. The summed E-state index contributed by atoms with van der Waals surface area (Å²) in [5, 5.41) is 7.82. The highest BCUT2D eigenvalue weighted by molar-refractivity contribution is 7.92. The number of thiazole rings is 1. The van der Waals surface area contributed by atoms with Crippen molar-refractivity contribution in [2.75, 3.05) is 42.1 Å². The van der Waals surface area contributed by atoms with Gasteiger partial charge in [-0.25, -0.2) is 17.8 Å². The lowest BCUT2D eigenvalue weighted by molar-refractivity contribution is 0.570. The number of sulfonamides is 1. The Morgan fingerprint density at radius 3 is 2.62 bits per heavy atom. The third-order valence-electron chi connectivity index (χ3n) is 4.51. The molecular weight excluding hydrogens is 496 g/mol. The first-order valence-corrected chi connectivity index (χ1v) is 12.1. The van der Waals surface area contributed by atoms with Gasteiger partial charge in [0.1, 0.15) is 10.7 Å². The number of hydrogen-bond donors (Lipinski definition) is 3. The number of nitrogens with one attached hydrogen (secondary N) is 3. The number of likely N-dealkylation sites (N-methyl/N-ethyl adjacent to an activating group) is 2. The third-order valence-corrected chi connectivity index (χ3v) is 6.78. The minimum atomic E-state index is -4.17. The van der Waals surface area contributed by atoms with E-state index in [-0.39, 0.29) is 28.9 Å². The summed E-state index contributed by atoms with van der Waals surface area (Å²) in [5.41, 5.74) is 4.44. The van der Waals surface area contributed by atoms with E-state index in [4.69, 9.17) is 11.6 Å². The first kappa shape index (κ1) is 26.1. The second kappa shape index (κ2) is 11.2.